The van der Waals surface area contributed by atoms with Gasteiger partial charge in [0.05, 0.1) is 6.42 Å². The van der Waals surface area contributed by atoms with E-state index in [0.717, 1.165) is 27.8 Å². The van der Waals surface area contributed by atoms with E-state index >= 15 is 0 Å². The number of hydrogen-bond donors (Lipinski definition) is 3. The summed E-state index contributed by atoms with van der Waals surface area (Å²) in [5, 5.41) is 15.2. The van der Waals surface area contributed by atoms with Crippen LogP contribution in [0.25, 0.3) is 0 Å². The molecule has 0 aliphatic carbocycles. The number of amides is 2. The molecule has 0 fully saturated rings. The van der Waals surface area contributed by atoms with Gasteiger partial charge in [-0.3, -0.25) is 4.79 Å². The number of hydrogen-bond acceptors (Lipinski definition) is 4. The number of rotatable bonds is 10. The van der Waals surface area contributed by atoms with E-state index in [2.05, 4.69) is 10.6 Å². The summed E-state index contributed by atoms with van der Waals surface area (Å²) in [6, 6.07) is 34.4. The maximum atomic E-state index is 13.6. The summed E-state index contributed by atoms with van der Waals surface area (Å²) in [7, 11) is 0. The SMILES string of the molecule is Cc1ccc(C(NC(=O)C[C@H](NC(=O)OCc2ccccc2)C(=O)O)(c2ccccc2)c2ccccc2)cc1. The van der Waals surface area contributed by atoms with E-state index in [1.165, 1.54) is 0 Å². The number of carboxylic acid groups (broad SMARTS) is 1. The van der Waals surface area contributed by atoms with Crippen LogP contribution in [0.3, 0.4) is 0 Å². The van der Waals surface area contributed by atoms with Crippen LogP contribution in [0, 0.1) is 6.92 Å². The number of ether oxygens (including phenoxy) is 1. The Labute approximate surface area is 227 Å². The largest absolute Gasteiger partial charge is 0.480 e. The number of benzene rings is 4. The highest BCUT2D eigenvalue weighted by Crippen LogP contribution is 2.37. The number of aryl methyl sites for hydroxylation is 1. The topological polar surface area (TPSA) is 105 Å². The van der Waals surface area contributed by atoms with E-state index in [1.807, 2.05) is 97.9 Å². The minimum Gasteiger partial charge on any atom is -0.480 e. The molecule has 0 saturated heterocycles. The van der Waals surface area contributed by atoms with Crippen molar-refractivity contribution in [3.8, 4) is 0 Å². The fourth-order valence-corrected chi connectivity index (χ4v) is 4.45. The molecule has 198 valence electrons. The first-order valence-electron chi connectivity index (χ1n) is 12.6. The standard InChI is InChI=1S/C32H30N2O5/c1-23-17-19-27(20-18-23)32(25-13-7-3-8-14-25,26-15-9-4-10-16-26)34-29(35)21-28(30(36)37)33-31(38)39-22-24-11-5-2-6-12-24/h2-20,28H,21-22H2,1H3,(H,33,38)(H,34,35)(H,36,37)/t28-/m0/s1. The summed E-state index contributed by atoms with van der Waals surface area (Å²) in [6.07, 6.45) is -1.42. The number of nitrogens with one attached hydrogen (secondary N) is 2. The Morgan fingerprint density at radius 1 is 0.744 bits per heavy atom. The molecule has 0 bridgehead atoms. The molecular weight excluding hydrogens is 492 g/mol. The van der Waals surface area contributed by atoms with Crippen LogP contribution in [-0.2, 0) is 26.5 Å². The fraction of sp³-hybridized carbons (Fsp3) is 0.156. The van der Waals surface area contributed by atoms with Crippen molar-refractivity contribution in [3.05, 3.63) is 143 Å². The van der Waals surface area contributed by atoms with Crippen LogP contribution >= 0.6 is 0 Å². The average Bonchev–Trinajstić information content (AvgIpc) is 2.96. The van der Waals surface area contributed by atoms with Gasteiger partial charge < -0.3 is 20.5 Å². The van der Waals surface area contributed by atoms with Gasteiger partial charge in [0.15, 0.2) is 0 Å². The van der Waals surface area contributed by atoms with E-state index < -0.39 is 36.0 Å². The van der Waals surface area contributed by atoms with E-state index in [0.29, 0.717) is 0 Å². The number of carbonyl (C=O) groups is 3. The predicted molar refractivity (Wildman–Crippen MR) is 148 cm³/mol. The molecule has 39 heavy (non-hydrogen) atoms. The van der Waals surface area contributed by atoms with Crippen LogP contribution in [0.4, 0.5) is 4.79 Å². The van der Waals surface area contributed by atoms with Gasteiger partial charge >= 0.3 is 12.1 Å². The Hall–Kier alpha value is -4.91. The molecule has 0 aliphatic rings. The second-order valence-corrected chi connectivity index (χ2v) is 9.20. The van der Waals surface area contributed by atoms with Crippen LogP contribution in [-0.4, -0.2) is 29.1 Å². The monoisotopic (exact) mass is 522 g/mol. The third-order valence-electron chi connectivity index (χ3n) is 6.42. The molecule has 0 aliphatic heterocycles. The van der Waals surface area contributed by atoms with Gasteiger partial charge in [-0.25, -0.2) is 9.59 Å². The number of aliphatic carboxylic acids is 1. The minimum atomic E-state index is -1.49. The lowest BCUT2D eigenvalue weighted by molar-refractivity contribution is -0.141. The smallest absolute Gasteiger partial charge is 0.408 e. The van der Waals surface area contributed by atoms with Gasteiger partial charge in [0.2, 0.25) is 5.91 Å². The van der Waals surface area contributed by atoms with Crippen molar-refractivity contribution in [2.24, 2.45) is 0 Å². The average molecular weight is 523 g/mol. The fourth-order valence-electron chi connectivity index (χ4n) is 4.45. The van der Waals surface area contributed by atoms with Crippen LogP contribution in [0.2, 0.25) is 0 Å². The maximum absolute atomic E-state index is 13.6. The minimum absolute atomic E-state index is 0.0240. The van der Waals surface area contributed by atoms with Gasteiger partial charge in [-0.05, 0) is 29.2 Å². The quantitative estimate of drug-likeness (QED) is 0.249. The lowest BCUT2D eigenvalue weighted by atomic mass is 9.76. The van der Waals surface area contributed by atoms with Gasteiger partial charge in [0.25, 0.3) is 0 Å². The highest BCUT2D eigenvalue weighted by atomic mass is 16.5. The highest BCUT2D eigenvalue weighted by molar-refractivity contribution is 5.88. The van der Waals surface area contributed by atoms with Gasteiger partial charge in [-0.1, -0.05) is 121 Å². The Bertz CT molecular complexity index is 1350. The zero-order valence-corrected chi connectivity index (χ0v) is 21.5. The van der Waals surface area contributed by atoms with E-state index in [9.17, 15) is 19.5 Å². The predicted octanol–water partition coefficient (Wildman–Crippen LogP) is 5.17. The maximum Gasteiger partial charge on any atom is 0.408 e. The molecule has 4 rings (SSSR count). The van der Waals surface area contributed by atoms with Crippen LogP contribution in [0.1, 0.15) is 34.2 Å². The summed E-state index contributed by atoms with van der Waals surface area (Å²) in [6.45, 7) is 1.96. The summed E-state index contributed by atoms with van der Waals surface area (Å²) in [5.74, 6) is -1.90. The molecule has 0 saturated carbocycles. The van der Waals surface area contributed by atoms with Crippen molar-refractivity contribution in [2.75, 3.05) is 0 Å². The first-order valence-corrected chi connectivity index (χ1v) is 12.6. The molecule has 0 spiro atoms. The molecule has 7 heteroatoms. The second kappa shape index (κ2) is 12.6. The summed E-state index contributed by atoms with van der Waals surface area (Å²) in [5.41, 5.74) is 3.12. The highest BCUT2D eigenvalue weighted by Gasteiger charge is 2.39. The van der Waals surface area contributed by atoms with Gasteiger partial charge in [0, 0.05) is 0 Å². The normalized spacial score (nSPS) is 11.7. The lowest BCUT2D eigenvalue weighted by Gasteiger charge is -2.37. The molecular formula is C32H30N2O5. The van der Waals surface area contributed by atoms with E-state index in [-0.39, 0.29) is 6.61 Å². The Morgan fingerprint density at radius 2 is 1.23 bits per heavy atom. The number of carbonyl (C=O) groups excluding carboxylic acids is 2. The molecule has 0 heterocycles. The van der Waals surface area contributed by atoms with Crippen LogP contribution in [0.5, 0.6) is 0 Å². The van der Waals surface area contributed by atoms with Crippen LogP contribution in [0.15, 0.2) is 115 Å². The number of carboxylic acids is 1. The molecule has 0 unspecified atom stereocenters. The van der Waals surface area contributed by atoms with E-state index in [1.54, 1.807) is 24.3 Å². The van der Waals surface area contributed by atoms with Crippen molar-refractivity contribution in [1.82, 2.24) is 10.6 Å². The summed E-state index contributed by atoms with van der Waals surface area (Å²) < 4.78 is 5.17. The van der Waals surface area contributed by atoms with E-state index in [4.69, 9.17) is 4.74 Å². The summed E-state index contributed by atoms with van der Waals surface area (Å²) >= 11 is 0. The van der Waals surface area contributed by atoms with Crippen LogP contribution < -0.4 is 10.6 Å². The molecule has 7 nitrogen and oxygen atoms in total. The Morgan fingerprint density at radius 3 is 1.74 bits per heavy atom. The molecule has 4 aromatic carbocycles. The third-order valence-corrected chi connectivity index (χ3v) is 6.42. The zero-order valence-electron chi connectivity index (χ0n) is 21.5. The molecule has 0 aromatic heterocycles. The van der Waals surface area contributed by atoms with Gasteiger partial charge in [-0.2, -0.15) is 0 Å². The van der Waals surface area contributed by atoms with Crippen molar-refractivity contribution < 1.29 is 24.2 Å². The first kappa shape index (κ1) is 27.1. The second-order valence-electron chi connectivity index (χ2n) is 9.20. The molecule has 0 radical (unpaired) electrons. The molecule has 4 aromatic rings. The lowest BCUT2D eigenvalue weighted by Crippen LogP contribution is -2.51. The third kappa shape index (κ3) is 6.70. The molecule has 3 N–H and O–H groups in total. The van der Waals surface area contributed by atoms with Crippen molar-refractivity contribution >= 4 is 18.0 Å². The summed E-state index contributed by atoms with van der Waals surface area (Å²) in [4.78, 5) is 37.9. The number of alkyl carbamates (subject to hydrolysis) is 1. The molecule has 2 amide bonds. The Kier molecular flexibility index (Phi) is 8.74. The first-order chi connectivity index (χ1) is 18.9. The van der Waals surface area contributed by atoms with Gasteiger partial charge in [-0.15, -0.1) is 0 Å². The zero-order chi connectivity index (χ0) is 27.7. The molecule has 1 atom stereocenters. The van der Waals surface area contributed by atoms with Gasteiger partial charge in [0.1, 0.15) is 18.2 Å². The van der Waals surface area contributed by atoms with Crippen molar-refractivity contribution in [1.29, 1.82) is 0 Å². The van der Waals surface area contributed by atoms with Crippen molar-refractivity contribution in [3.63, 3.8) is 0 Å². The Balaban J connectivity index is 1.61. The van der Waals surface area contributed by atoms with Crippen molar-refractivity contribution in [2.45, 2.75) is 31.5 Å².